The van der Waals surface area contributed by atoms with Gasteiger partial charge in [-0.15, -0.1) is 0 Å². The van der Waals surface area contributed by atoms with E-state index in [1.807, 2.05) is 0 Å². The summed E-state index contributed by atoms with van der Waals surface area (Å²) in [6, 6.07) is 11.9. The third-order valence-corrected chi connectivity index (χ3v) is 9.85. The van der Waals surface area contributed by atoms with Crippen LogP contribution in [-0.4, -0.2) is 77.1 Å². The highest BCUT2D eigenvalue weighted by atomic mass is 32.3. The quantitative estimate of drug-likeness (QED) is 0.161. The van der Waals surface area contributed by atoms with Crippen LogP contribution in [0.4, 0.5) is 5.69 Å². The van der Waals surface area contributed by atoms with Gasteiger partial charge in [0, 0.05) is 11.3 Å². The molecule has 1 amide bonds. The standard InChI is InChI=1S/C26H25N3O14S4/c1-17-15-24(46(37,38)39)25(29-28-19-7-10-21(11-8-19)44(32,33)14-13-43-47(40,41)42)22(30)16-20(9-12-23(17)45(34,35)36)27-26(31)18-5-3-2-4-6-18/h2-12,15,28H,1,13-14,16H2,(H,27,31)(H,34,35,36)(H,37,38,39)(H,40,41,42)/b20-9+,23-12?,24-15+,29-25?. The highest BCUT2D eigenvalue weighted by molar-refractivity contribution is 7.91. The minimum atomic E-state index is -5.36. The Morgan fingerprint density at radius 3 is 2.00 bits per heavy atom. The van der Waals surface area contributed by atoms with E-state index in [1.165, 1.54) is 12.1 Å². The number of anilines is 1. The van der Waals surface area contributed by atoms with Crippen LogP contribution in [-0.2, 0) is 49.5 Å². The van der Waals surface area contributed by atoms with Crippen molar-refractivity contribution in [2.75, 3.05) is 17.8 Å². The first-order valence-electron chi connectivity index (χ1n) is 12.6. The summed E-state index contributed by atoms with van der Waals surface area (Å²) < 4.78 is 127. The number of nitrogens with one attached hydrogen (secondary N) is 2. The zero-order chi connectivity index (χ0) is 35.2. The fourth-order valence-corrected chi connectivity index (χ4v) is 6.53. The number of hydrazone groups is 1. The second-order valence-electron chi connectivity index (χ2n) is 9.29. The van der Waals surface area contributed by atoms with Crippen molar-refractivity contribution < 1.29 is 61.1 Å². The van der Waals surface area contributed by atoms with Gasteiger partial charge in [0.25, 0.3) is 26.1 Å². The van der Waals surface area contributed by atoms with Crippen LogP contribution in [0.3, 0.4) is 0 Å². The van der Waals surface area contributed by atoms with E-state index in [0.29, 0.717) is 6.08 Å². The van der Waals surface area contributed by atoms with Gasteiger partial charge in [0.2, 0.25) is 0 Å². The number of ketones is 1. The number of benzene rings is 2. The number of carbonyl (C=O) groups excluding carboxylic acids is 2. The molecule has 252 valence electrons. The summed E-state index contributed by atoms with van der Waals surface area (Å²) in [4.78, 5) is 23.7. The lowest BCUT2D eigenvalue weighted by Crippen LogP contribution is -2.29. The summed E-state index contributed by atoms with van der Waals surface area (Å²) in [5, 5.41) is 6.14. The fourth-order valence-electron chi connectivity index (χ4n) is 3.72. The van der Waals surface area contributed by atoms with Gasteiger partial charge < -0.3 is 5.32 Å². The first-order valence-corrected chi connectivity index (χ1v) is 18.5. The first-order chi connectivity index (χ1) is 21.7. The molecule has 0 fully saturated rings. The van der Waals surface area contributed by atoms with Crippen LogP contribution in [0.2, 0.25) is 0 Å². The molecular weight excluding hydrogens is 707 g/mol. The highest BCUT2D eigenvalue weighted by Gasteiger charge is 2.30. The van der Waals surface area contributed by atoms with Gasteiger partial charge in [-0.3, -0.25) is 28.7 Å². The van der Waals surface area contributed by atoms with Crippen LogP contribution in [0.1, 0.15) is 16.8 Å². The van der Waals surface area contributed by atoms with Crippen molar-refractivity contribution in [1.29, 1.82) is 0 Å². The molecule has 0 aliphatic heterocycles. The van der Waals surface area contributed by atoms with E-state index in [0.717, 1.165) is 36.4 Å². The number of nitrogens with zero attached hydrogens (tertiary/aromatic N) is 1. The van der Waals surface area contributed by atoms with Crippen LogP contribution in [0, 0.1) is 0 Å². The second-order valence-corrected chi connectivity index (χ2v) is 15.3. The molecule has 17 nitrogen and oxygen atoms in total. The number of hydrogen-bond donors (Lipinski definition) is 5. The molecule has 0 radical (unpaired) electrons. The third-order valence-electron chi connectivity index (χ3n) is 5.87. The maximum Gasteiger partial charge on any atom is 0.397 e. The SMILES string of the molecule is C=C1/C=C(/S(=O)(=O)O)C(=NNc2ccc(S(=O)(=O)CCOS(=O)(=O)O)cc2)C(=O)C/C(NC(=O)c2ccccc2)=C\C=C1S(=O)(=O)O. The van der Waals surface area contributed by atoms with Crippen molar-refractivity contribution in [2.45, 2.75) is 11.3 Å². The highest BCUT2D eigenvalue weighted by Crippen LogP contribution is 2.24. The lowest BCUT2D eigenvalue weighted by Gasteiger charge is -2.15. The summed E-state index contributed by atoms with van der Waals surface area (Å²) in [6.45, 7) is 2.52. The Morgan fingerprint density at radius 2 is 1.45 bits per heavy atom. The molecule has 2 aromatic carbocycles. The summed E-state index contributed by atoms with van der Waals surface area (Å²) in [6.07, 6.45) is 1.37. The Hall–Kier alpha value is -4.35. The van der Waals surface area contributed by atoms with Crippen LogP contribution in [0.5, 0.6) is 0 Å². The summed E-state index contributed by atoms with van der Waals surface area (Å²) in [5.41, 5.74) is 0.395. The number of rotatable bonds is 11. The zero-order valence-corrected chi connectivity index (χ0v) is 26.9. The van der Waals surface area contributed by atoms with Crippen molar-refractivity contribution >= 4 is 63.6 Å². The number of allylic oxidation sites excluding steroid dienone is 6. The molecule has 3 rings (SSSR count). The Balaban J connectivity index is 2.04. The molecule has 21 heteroatoms. The van der Waals surface area contributed by atoms with E-state index in [4.69, 9.17) is 4.55 Å². The van der Waals surface area contributed by atoms with Gasteiger partial charge in [0.05, 0.1) is 29.4 Å². The maximum atomic E-state index is 13.4. The average Bonchev–Trinajstić information content (AvgIpc) is 2.95. The molecule has 1 aliphatic carbocycles. The van der Waals surface area contributed by atoms with Crippen LogP contribution < -0.4 is 10.7 Å². The maximum absolute atomic E-state index is 13.4. The van der Waals surface area contributed by atoms with E-state index >= 15 is 0 Å². The predicted octanol–water partition coefficient (Wildman–Crippen LogP) is 1.43. The number of Topliss-reactive ketones (excluding diaryl/α,β-unsaturated/α-hetero) is 1. The lowest BCUT2D eigenvalue weighted by molar-refractivity contribution is -0.112. The van der Waals surface area contributed by atoms with Crippen LogP contribution in [0.25, 0.3) is 0 Å². The molecule has 0 unspecified atom stereocenters. The number of sulfone groups is 1. The van der Waals surface area contributed by atoms with Crippen LogP contribution >= 0.6 is 0 Å². The molecule has 1 aliphatic rings. The lowest BCUT2D eigenvalue weighted by atomic mass is 10.1. The first kappa shape index (κ1) is 37.1. The monoisotopic (exact) mass is 731 g/mol. The fraction of sp³-hybridized carbons (Fsp3) is 0.115. The van der Waals surface area contributed by atoms with E-state index in [-0.39, 0.29) is 21.8 Å². The van der Waals surface area contributed by atoms with Gasteiger partial charge in [-0.05, 0) is 60.2 Å². The van der Waals surface area contributed by atoms with Crippen LogP contribution in [0.15, 0.2) is 110 Å². The molecule has 0 saturated carbocycles. The summed E-state index contributed by atoms with van der Waals surface area (Å²) in [5.74, 6) is -2.71. The topological polar surface area (TPSA) is 277 Å². The van der Waals surface area contributed by atoms with E-state index in [1.54, 1.807) is 18.2 Å². The zero-order valence-electron chi connectivity index (χ0n) is 23.7. The molecule has 47 heavy (non-hydrogen) atoms. The van der Waals surface area contributed by atoms with E-state index in [2.05, 4.69) is 26.6 Å². The Labute approximate surface area is 269 Å². The number of carbonyl (C=O) groups is 2. The molecule has 2 aromatic rings. The van der Waals surface area contributed by atoms with Crippen molar-refractivity contribution in [2.24, 2.45) is 5.10 Å². The van der Waals surface area contributed by atoms with Gasteiger partial charge in [-0.1, -0.05) is 24.8 Å². The van der Waals surface area contributed by atoms with Crippen molar-refractivity contribution in [3.8, 4) is 0 Å². The second kappa shape index (κ2) is 14.6. The minimum Gasteiger partial charge on any atom is -0.325 e. The van der Waals surface area contributed by atoms with E-state index in [9.17, 15) is 52.4 Å². The molecule has 0 saturated heterocycles. The largest absolute Gasteiger partial charge is 0.397 e. The molecule has 0 bridgehead atoms. The summed E-state index contributed by atoms with van der Waals surface area (Å²) in [7, 11) is -19.4. The Kier molecular flexibility index (Phi) is 11.5. The molecule has 0 atom stereocenters. The Bertz CT molecular complexity index is 2150. The molecule has 0 spiro atoms. The number of amides is 1. The molecule has 5 N–H and O–H groups in total. The molecule has 0 aromatic heterocycles. The number of hydrogen-bond acceptors (Lipinski definition) is 13. The van der Waals surface area contributed by atoms with Gasteiger partial charge in [-0.25, -0.2) is 12.6 Å². The smallest absolute Gasteiger partial charge is 0.325 e. The van der Waals surface area contributed by atoms with Gasteiger partial charge in [0.15, 0.2) is 15.6 Å². The van der Waals surface area contributed by atoms with Gasteiger partial charge >= 0.3 is 10.4 Å². The van der Waals surface area contributed by atoms with Gasteiger partial charge in [0.1, 0.15) is 15.5 Å². The predicted molar refractivity (Wildman–Crippen MR) is 167 cm³/mol. The normalized spacial score (nSPS) is 18.4. The molecule has 0 heterocycles. The Morgan fingerprint density at radius 1 is 0.851 bits per heavy atom. The average molecular weight is 732 g/mol. The summed E-state index contributed by atoms with van der Waals surface area (Å²) >= 11 is 0. The van der Waals surface area contributed by atoms with Crippen molar-refractivity contribution in [3.63, 3.8) is 0 Å². The van der Waals surface area contributed by atoms with Crippen molar-refractivity contribution in [1.82, 2.24) is 5.32 Å². The van der Waals surface area contributed by atoms with Gasteiger partial charge in [-0.2, -0.15) is 30.4 Å². The molecular formula is C26H25N3O14S4. The third kappa shape index (κ3) is 10.9. The van der Waals surface area contributed by atoms with Crippen molar-refractivity contribution in [3.05, 3.63) is 106 Å². The minimum absolute atomic E-state index is 0.0456. The van der Waals surface area contributed by atoms with E-state index < -0.39 is 92.0 Å².